The Bertz CT molecular complexity index is 634. The average molecular weight is 378 g/mol. The van der Waals surface area contributed by atoms with Crippen molar-refractivity contribution < 1.29 is 13.9 Å². The van der Waals surface area contributed by atoms with Gasteiger partial charge >= 0.3 is 6.03 Å². The molecule has 2 saturated heterocycles. The van der Waals surface area contributed by atoms with E-state index >= 15 is 0 Å². The second kappa shape index (κ2) is 9.37. The van der Waals surface area contributed by atoms with Crippen LogP contribution in [0.1, 0.15) is 25.7 Å². The molecule has 2 aliphatic rings. The summed E-state index contributed by atoms with van der Waals surface area (Å²) in [6, 6.07) is 4.51. The summed E-state index contributed by atoms with van der Waals surface area (Å²) in [6.07, 6.45) is 4.14. The minimum Gasteiger partial charge on any atom is -0.497 e. The molecule has 150 valence electrons. The third-order valence-corrected chi connectivity index (χ3v) is 5.68. The highest BCUT2D eigenvalue weighted by Gasteiger charge is 2.28. The number of nitrogens with zero attached hydrogens (tertiary/aromatic N) is 3. The summed E-state index contributed by atoms with van der Waals surface area (Å²) in [7, 11) is 3.65. The van der Waals surface area contributed by atoms with Gasteiger partial charge in [0.15, 0.2) is 0 Å². The highest BCUT2D eigenvalue weighted by atomic mass is 19.1. The molecule has 6 nitrogen and oxygen atoms in total. The molecule has 2 heterocycles. The second-order valence-corrected chi connectivity index (χ2v) is 7.55. The zero-order chi connectivity index (χ0) is 19.2. The molecule has 0 saturated carbocycles. The molecule has 7 heteroatoms. The largest absolute Gasteiger partial charge is 0.497 e. The molecule has 1 unspecified atom stereocenters. The first-order valence-electron chi connectivity index (χ1n) is 9.89. The number of hydrogen-bond donors (Lipinski definition) is 1. The van der Waals surface area contributed by atoms with E-state index in [-0.39, 0.29) is 17.8 Å². The van der Waals surface area contributed by atoms with Gasteiger partial charge in [0.05, 0.1) is 12.8 Å². The topological polar surface area (TPSA) is 48.1 Å². The number of carbonyl (C=O) groups excluding carboxylic acids is 1. The molecule has 1 aromatic rings. The number of halogens is 1. The van der Waals surface area contributed by atoms with Crippen molar-refractivity contribution in [1.29, 1.82) is 0 Å². The fourth-order valence-corrected chi connectivity index (χ4v) is 3.88. The Hall–Kier alpha value is -1.86. The van der Waals surface area contributed by atoms with Crippen molar-refractivity contribution in [1.82, 2.24) is 14.7 Å². The van der Waals surface area contributed by atoms with Gasteiger partial charge in [-0.2, -0.15) is 0 Å². The molecule has 0 aliphatic carbocycles. The number of methoxy groups -OCH3 is 1. The van der Waals surface area contributed by atoms with E-state index in [9.17, 15) is 9.18 Å². The summed E-state index contributed by atoms with van der Waals surface area (Å²) in [6.45, 7) is 6.13. The summed E-state index contributed by atoms with van der Waals surface area (Å²) in [5, 5.41) is 2.74. The number of ether oxygens (including phenoxy) is 1. The number of amides is 2. The zero-order valence-electron chi connectivity index (χ0n) is 16.4. The average Bonchev–Trinajstić information content (AvgIpc) is 2.69. The highest BCUT2D eigenvalue weighted by molar-refractivity contribution is 5.89. The summed E-state index contributed by atoms with van der Waals surface area (Å²) < 4.78 is 19.2. The minimum absolute atomic E-state index is 0.198. The number of carbonyl (C=O) groups is 1. The number of likely N-dealkylation sites (tertiary alicyclic amines) is 1. The number of anilines is 1. The Kier molecular flexibility index (Phi) is 6.90. The van der Waals surface area contributed by atoms with Crippen LogP contribution in [-0.2, 0) is 0 Å². The Morgan fingerprint density at radius 2 is 2.00 bits per heavy atom. The molecule has 2 aliphatic heterocycles. The molecule has 1 aromatic carbocycles. The first-order valence-corrected chi connectivity index (χ1v) is 9.89. The number of likely N-dealkylation sites (N-methyl/N-ethyl adjacent to an activating group) is 1. The Balaban J connectivity index is 1.56. The van der Waals surface area contributed by atoms with Crippen LogP contribution in [0.4, 0.5) is 14.9 Å². The quantitative estimate of drug-likeness (QED) is 0.856. The molecule has 2 fully saturated rings. The van der Waals surface area contributed by atoms with E-state index in [1.807, 2.05) is 4.90 Å². The van der Waals surface area contributed by atoms with Crippen molar-refractivity contribution in [3.05, 3.63) is 24.0 Å². The first-order chi connectivity index (χ1) is 13.1. The van der Waals surface area contributed by atoms with Crippen LogP contribution >= 0.6 is 0 Å². The standard InChI is InChI=1S/C20H31FN4O2/c1-23-11-13-24(14-12-23)10-8-16-5-3-4-9-25(16)20(26)22-19-7-6-17(27-2)15-18(19)21/h6-7,15-16H,3-5,8-14H2,1-2H3,(H,22,26). The molecular weight excluding hydrogens is 347 g/mol. The van der Waals surface area contributed by atoms with Crippen molar-refractivity contribution >= 4 is 11.7 Å². The van der Waals surface area contributed by atoms with E-state index < -0.39 is 5.82 Å². The number of benzene rings is 1. The van der Waals surface area contributed by atoms with Crippen LogP contribution in [-0.4, -0.2) is 80.2 Å². The van der Waals surface area contributed by atoms with Crippen LogP contribution in [0, 0.1) is 5.82 Å². The zero-order valence-corrected chi connectivity index (χ0v) is 16.4. The van der Waals surface area contributed by atoms with E-state index in [4.69, 9.17) is 4.74 Å². The second-order valence-electron chi connectivity index (χ2n) is 7.55. The maximum atomic E-state index is 14.2. The summed E-state index contributed by atoms with van der Waals surface area (Å²) in [4.78, 5) is 19.5. The maximum absolute atomic E-state index is 14.2. The van der Waals surface area contributed by atoms with Gasteiger partial charge in [-0.1, -0.05) is 0 Å². The minimum atomic E-state index is -0.478. The Labute approximate surface area is 161 Å². The lowest BCUT2D eigenvalue weighted by molar-refractivity contribution is 0.122. The summed E-state index contributed by atoms with van der Waals surface area (Å²) in [5.74, 6) is -0.0396. The summed E-state index contributed by atoms with van der Waals surface area (Å²) in [5.41, 5.74) is 0.198. The molecule has 1 N–H and O–H groups in total. The van der Waals surface area contributed by atoms with Crippen LogP contribution in [0.5, 0.6) is 5.75 Å². The van der Waals surface area contributed by atoms with Crippen molar-refractivity contribution in [2.75, 3.05) is 58.7 Å². The monoisotopic (exact) mass is 378 g/mol. The predicted molar refractivity (Wildman–Crippen MR) is 105 cm³/mol. The van der Waals surface area contributed by atoms with E-state index in [2.05, 4.69) is 22.2 Å². The number of piperidine rings is 1. The fraction of sp³-hybridized carbons (Fsp3) is 0.650. The van der Waals surface area contributed by atoms with Crippen LogP contribution in [0.15, 0.2) is 18.2 Å². The smallest absolute Gasteiger partial charge is 0.322 e. The van der Waals surface area contributed by atoms with Crippen LogP contribution < -0.4 is 10.1 Å². The van der Waals surface area contributed by atoms with Gasteiger partial charge in [-0.3, -0.25) is 0 Å². The van der Waals surface area contributed by atoms with Crippen LogP contribution in [0.3, 0.4) is 0 Å². The van der Waals surface area contributed by atoms with E-state index in [1.54, 1.807) is 12.1 Å². The normalized spacial score (nSPS) is 21.9. The SMILES string of the molecule is COc1ccc(NC(=O)N2CCCCC2CCN2CCN(C)CC2)c(F)c1. The molecule has 0 radical (unpaired) electrons. The predicted octanol–water partition coefficient (Wildman–Crippen LogP) is 2.86. The molecule has 1 atom stereocenters. The molecule has 0 spiro atoms. The Morgan fingerprint density at radius 3 is 2.70 bits per heavy atom. The molecular formula is C20H31FN4O2. The lowest BCUT2D eigenvalue weighted by Crippen LogP contribution is -2.49. The van der Waals surface area contributed by atoms with Gasteiger partial charge in [0.2, 0.25) is 0 Å². The molecule has 0 bridgehead atoms. The van der Waals surface area contributed by atoms with E-state index in [1.165, 1.54) is 13.2 Å². The number of piperazine rings is 1. The van der Waals surface area contributed by atoms with Gasteiger partial charge in [0, 0.05) is 51.4 Å². The molecule has 0 aromatic heterocycles. The summed E-state index contributed by atoms with van der Waals surface area (Å²) >= 11 is 0. The van der Waals surface area contributed by atoms with Gasteiger partial charge in [0.1, 0.15) is 11.6 Å². The van der Waals surface area contributed by atoms with Crippen LogP contribution in [0.2, 0.25) is 0 Å². The van der Waals surface area contributed by atoms with Gasteiger partial charge < -0.3 is 24.8 Å². The number of urea groups is 1. The number of rotatable bonds is 5. The lowest BCUT2D eigenvalue weighted by Gasteiger charge is -2.38. The third-order valence-electron chi connectivity index (χ3n) is 5.68. The van der Waals surface area contributed by atoms with Crippen molar-refractivity contribution in [2.45, 2.75) is 31.7 Å². The van der Waals surface area contributed by atoms with Gasteiger partial charge in [-0.15, -0.1) is 0 Å². The number of hydrogen-bond acceptors (Lipinski definition) is 4. The van der Waals surface area contributed by atoms with Crippen LogP contribution in [0.25, 0.3) is 0 Å². The maximum Gasteiger partial charge on any atom is 0.322 e. The van der Waals surface area contributed by atoms with Crippen molar-refractivity contribution in [2.24, 2.45) is 0 Å². The lowest BCUT2D eigenvalue weighted by atomic mass is 9.99. The number of nitrogens with one attached hydrogen (secondary N) is 1. The Morgan fingerprint density at radius 1 is 1.22 bits per heavy atom. The van der Waals surface area contributed by atoms with Gasteiger partial charge in [-0.25, -0.2) is 9.18 Å². The first kappa shape index (κ1) is 19.9. The van der Waals surface area contributed by atoms with Gasteiger partial charge in [-0.05, 0) is 44.9 Å². The van der Waals surface area contributed by atoms with Crippen molar-refractivity contribution in [3.8, 4) is 5.75 Å². The molecule has 2 amide bonds. The van der Waals surface area contributed by atoms with Gasteiger partial charge in [0.25, 0.3) is 0 Å². The van der Waals surface area contributed by atoms with E-state index in [0.29, 0.717) is 5.75 Å². The van der Waals surface area contributed by atoms with Crippen molar-refractivity contribution in [3.63, 3.8) is 0 Å². The third kappa shape index (κ3) is 5.32. The van der Waals surface area contributed by atoms with E-state index in [0.717, 1.165) is 65.0 Å². The highest BCUT2D eigenvalue weighted by Crippen LogP contribution is 2.24. The molecule has 27 heavy (non-hydrogen) atoms. The fourth-order valence-electron chi connectivity index (χ4n) is 3.88. The molecule has 3 rings (SSSR count).